The molecule has 0 saturated heterocycles. The number of nitrogens with zero attached hydrogens (tertiary/aromatic N) is 2. The number of nitrogens with one attached hydrogen (secondary N) is 1. The van der Waals surface area contributed by atoms with E-state index in [4.69, 9.17) is 20.8 Å². The number of hydrogen-bond acceptors (Lipinski definition) is 7. The second-order valence-corrected chi connectivity index (χ2v) is 9.27. The van der Waals surface area contributed by atoms with Gasteiger partial charge in [0.15, 0.2) is 9.84 Å². The lowest BCUT2D eigenvalue weighted by atomic mass is 10.2. The van der Waals surface area contributed by atoms with Gasteiger partial charge in [-0.2, -0.15) is 0 Å². The summed E-state index contributed by atoms with van der Waals surface area (Å²) in [4.78, 5) is 12.6. The lowest BCUT2D eigenvalue weighted by Gasteiger charge is -2.08. The Morgan fingerprint density at radius 3 is 2.62 bits per heavy atom. The highest BCUT2D eigenvalue weighted by Gasteiger charge is 2.21. The van der Waals surface area contributed by atoms with Crippen molar-refractivity contribution in [3.8, 4) is 17.2 Å². The summed E-state index contributed by atoms with van der Waals surface area (Å²) in [6.45, 7) is 3.21. The summed E-state index contributed by atoms with van der Waals surface area (Å²) < 4.78 is 35.4. The zero-order chi connectivity index (χ0) is 21.2. The van der Waals surface area contributed by atoms with E-state index in [2.05, 4.69) is 15.5 Å². The summed E-state index contributed by atoms with van der Waals surface area (Å²) in [5.74, 6) is -0.145. The number of hydrogen-bond donors (Lipinski definition) is 1. The molecule has 0 radical (unpaired) electrons. The number of methoxy groups -OCH3 is 1. The van der Waals surface area contributed by atoms with Crippen LogP contribution in [0.25, 0.3) is 11.5 Å². The fourth-order valence-corrected chi connectivity index (χ4v) is 3.77. The van der Waals surface area contributed by atoms with Crippen molar-refractivity contribution in [1.82, 2.24) is 10.2 Å². The monoisotopic (exact) mass is 435 g/mol. The van der Waals surface area contributed by atoms with Gasteiger partial charge in [-0.3, -0.25) is 10.1 Å². The highest BCUT2D eigenvalue weighted by molar-refractivity contribution is 7.92. The van der Waals surface area contributed by atoms with Crippen molar-refractivity contribution in [1.29, 1.82) is 0 Å². The number of carbonyl (C=O) groups is 1. The molecule has 3 rings (SSSR count). The van der Waals surface area contributed by atoms with E-state index in [0.717, 1.165) is 0 Å². The first kappa shape index (κ1) is 20.8. The maximum absolute atomic E-state index is 12.5. The van der Waals surface area contributed by atoms with Gasteiger partial charge in [0.05, 0.1) is 22.8 Å². The first-order chi connectivity index (χ1) is 13.7. The van der Waals surface area contributed by atoms with Gasteiger partial charge in [0.1, 0.15) is 5.75 Å². The minimum absolute atomic E-state index is 0.0687. The summed E-state index contributed by atoms with van der Waals surface area (Å²) in [7, 11) is -2.02. The van der Waals surface area contributed by atoms with Gasteiger partial charge in [-0.15, -0.1) is 5.10 Å². The lowest BCUT2D eigenvalue weighted by Crippen LogP contribution is -2.13. The van der Waals surface area contributed by atoms with E-state index in [1.807, 2.05) is 0 Å². The first-order valence-electron chi connectivity index (χ1n) is 8.55. The molecule has 0 atom stereocenters. The molecule has 1 amide bonds. The Bertz CT molecular complexity index is 1160. The third-order valence-electron chi connectivity index (χ3n) is 4.08. The molecule has 152 valence electrons. The van der Waals surface area contributed by atoms with Crippen molar-refractivity contribution >= 4 is 33.4 Å². The molecule has 0 aliphatic rings. The number of halogens is 1. The van der Waals surface area contributed by atoms with Gasteiger partial charge in [-0.25, -0.2) is 8.42 Å². The molecule has 10 heteroatoms. The number of anilines is 1. The van der Waals surface area contributed by atoms with Crippen LogP contribution in [0.2, 0.25) is 5.02 Å². The average Bonchev–Trinajstić information content (AvgIpc) is 3.16. The predicted molar refractivity (Wildman–Crippen MR) is 108 cm³/mol. The first-order valence-corrected chi connectivity index (χ1v) is 10.5. The zero-order valence-corrected chi connectivity index (χ0v) is 17.4. The molecule has 0 unspecified atom stereocenters. The molecule has 2 aromatic carbocycles. The van der Waals surface area contributed by atoms with E-state index in [1.54, 1.807) is 38.1 Å². The normalized spacial score (nSPS) is 11.5. The molecule has 8 nitrogen and oxygen atoms in total. The molecule has 3 aromatic rings. The minimum atomic E-state index is -3.45. The van der Waals surface area contributed by atoms with Crippen molar-refractivity contribution in [2.24, 2.45) is 0 Å². The summed E-state index contributed by atoms with van der Waals surface area (Å²) >= 11 is 5.94. The molecular weight excluding hydrogens is 418 g/mol. The van der Waals surface area contributed by atoms with Crippen LogP contribution in [-0.4, -0.2) is 36.9 Å². The number of ether oxygens (including phenoxy) is 1. The Labute approximate surface area is 172 Å². The Kier molecular flexibility index (Phi) is 5.90. The lowest BCUT2D eigenvalue weighted by molar-refractivity contribution is 0.102. The van der Waals surface area contributed by atoms with Crippen LogP contribution in [0.4, 0.5) is 6.01 Å². The molecule has 0 saturated carbocycles. The maximum atomic E-state index is 12.5. The van der Waals surface area contributed by atoms with Gasteiger partial charge in [-0.05, 0) is 50.2 Å². The molecule has 0 aliphatic carbocycles. The minimum Gasteiger partial charge on any atom is -0.496 e. The summed E-state index contributed by atoms with van der Waals surface area (Å²) in [5.41, 5.74) is 0.616. The van der Waals surface area contributed by atoms with E-state index in [1.165, 1.54) is 25.3 Å². The Morgan fingerprint density at radius 1 is 1.17 bits per heavy atom. The number of amides is 1. The summed E-state index contributed by atoms with van der Waals surface area (Å²) in [6, 6.07) is 10.6. The third kappa shape index (κ3) is 4.41. The van der Waals surface area contributed by atoms with Crippen LogP contribution >= 0.6 is 11.6 Å². The highest BCUT2D eigenvalue weighted by Crippen LogP contribution is 2.26. The van der Waals surface area contributed by atoms with Crippen LogP contribution in [0.5, 0.6) is 5.75 Å². The number of carbonyl (C=O) groups excluding carboxylic acids is 1. The van der Waals surface area contributed by atoms with Gasteiger partial charge >= 0.3 is 6.01 Å². The second-order valence-electron chi connectivity index (χ2n) is 6.33. The smallest absolute Gasteiger partial charge is 0.322 e. The number of sulfone groups is 1. The maximum Gasteiger partial charge on any atom is 0.322 e. The molecule has 29 heavy (non-hydrogen) atoms. The predicted octanol–water partition coefficient (Wildman–Crippen LogP) is 3.83. The fraction of sp³-hybridized carbons (Fsp3) is 0.211. The van der Waals surface area contributed by atoms with Gasteiger partial charge in [0.25, 0.3) is 5.91 Å². The molecule has 0 spiro atoms. The second kappa shape index (κ2) is 8.22. The molecule has 1 heterocycles. The quantitative estimate of drug-likeness (QED) is 0.626. The topological polar surface area (TPSA) is 111 Å². The van der Waals surface area contributed by atoms with Crippen molar-refractivity contribution in [2.45, 2.75) is 24.0 Å². The third-order valence-corrected chi connectivity index (χ3v) is 6.47. The average molecular weight is 436 g/mol. The largest absolute Gasteiger partial charge is 0.496 e. The van der Waals surface area contributed by atoms with Gasteiger partial charge in [-0.1, -0.05) is 22.8 Å². The molecule has 0 aliphatic heterocycles. The number of aromatic nitrogens is 2. The van der Waals surface area contributed by atoms with Gasteiger partial charge in [0.2, 0.25) is 5.89 Å². The molecule has 0 fully saturated rings. The van der Waals surface area contributed by atoms with Crippen LogP contribution in [0.15, 0.2) is 51.8 Å². The van der Waals surface area contributed by atoms with Crippen molar-refractivity contribution in [3.63, 3.8) is 0 Å². The standard InChI is InChI=1S/C19H18ClN3O5S/c1-11(2)29(25,26)14-6-4-5-12(9-14)18-22-23-19(28-18)21-17(24)15-10-13(20)7-8-16(15)27-3/h4-11H,1-3H3,(H,21,23,24). The Balaban J connectivity index is 1.85. The summed E-state index contributed by atoms with van der Waals surface area (Å²) in [5, 5.41) is 9.95. The molecule has 1 N–H and O–H groups in total. The van der Waals surface area contributed by atoms with Crippen LogP contribution in [-0.2, 0) is 9.84 Å². The molecule has 1 aromatic heterocycles. The molecular formula is C19H18ClN3O5S. The molecule has 0 bridgehead atoms. The van der Waals surface area contributed by atoms with Crippen molar-refractivity contribution in [2.75, 3.05) is 12.4 Å². The van der Waals surface area contributed by atoms with E-state index in [0.29, 0.717) is 16.3 Å². The van der Waals surface area contributed by atoms with E-state index >= 15 is 0 Å². The Hall–Kier alpha value is -2.91. The SMILES string of the molecule is COc1ccc(Cl)cc1C(=O)Nc1nnc(-c2cccc(S(=O)(=O)C(C)C)c2)o1. The number of benzene rings is 2. The van der Waals surface area contributed by atoms with E-state index in [-0.39, 0.29) is 22.4 Å². The van der Waals surface area contributed by atoms with Gasteiger partial charge < -0.3 is 9.15 Å². The van der Waals surface area contributed by atoms with Crippen molar-refractivity contribution < 1.29 is 22.4 Å². The van der Waals surface area contributed by atoms with Crippen LogP contribution in [0.1, 0.15) is 24.2 Å². The van der Waals surface area contributed by atoms with Crippen molar-refractivity contribution in [3.05, 3.63) is 53.1 Å². The Morgan fingerprint density at radius 2 is 1.93 bits per heavy atom. The number of rotatable bonds is 6. The van der Waals surface area contributed by atoms with E-state index in [9.17, 15) is 13.2 Å². The van der Waals surface area contributed by atoms with Crippen LogP contribution in [0.3, 0.4) is 0 Å². The fourth-order valence-electron chi connectivity index (χ4n) is 2.49. The van der Waals surface area contributed by atoms with E-state index < -0.39 is 21.0 Å². The highest BCUT2D eigenvalue weighted by atomic mass is 35.5. The van der Waals surface area contributed by atoms with Gasteiger partial charge in [0, 0.05) is 10.6 Å². The van der Waals surface area contributed by atoms with Crippen LogP contribution in [0, 0.1) is 0 Å². The summed E-state index contributed by atoms with van der Waals surface area (Å²) in [6.07, 6.45) is 0. The zero-order valence-electron chi connectivity index (χ0n) is 15.8. The van der Waals surface area contributed by atoms with Crippen LogP contribution < -0.4 is 10.1 Å².